The Morgan fingerprint density at radius 1 is 0.750 bits per heavy atom. The molecule has 4 aromatic carbocycles. The first-order chi connectivity index (χ1) is 19.3. The minimum atomic E-state index is -0.962. The van der Waals surface area contributed by atoms with Crippen molar-refractivity contribution in [1.29, 1.82) is 0 Å². The Morgan fingerprint density at radius 3 is 1.98 bits per heavy atom. The summed E-state index contributed by atoms with van der Waals surface area (Å²) in [5, 5.41) is 12.4. The van der Waals surface area contributed by atoms with E-state index >= 15 is 0 Å². The molecule has 1 unspecified atom stereocenters. The van der Waals surface area contributed by atoms with Gasteiger partial charge in [-0.05, 0) is 54.7 Å². The number of carboxylic acid groups (broad SMARTS) is 1. The van der Waals surface area contributed by atoms with Crippen molar-refractivity contribution in [3.8, 4) is 11.1 Å². The van der Waals surface area contributed by atoms with Gasteiger partial charge >= 0.3 is 5.97 Å². The summed E-state index contributed by atoms with van der Waals surface area (Å²) in [6, 6.07) is 32.0. The standard InChI is InChI=1S/C34H34N2O4/c1-24-16-18-27(19-17-24)25(2)35-33(39)30-14-8-6-12-28(30)29-13-7-9-15-31(29)34(40)36(23-21-32(37)38)22-20-26-10-4-3-5-11-26/h3-19,25H,20-23H2,1-2H3,(H,35,39)(H,37,38). The zero-order valence-corrected chi connectivity index (χ0v) is 22.8. The summed E-state index contributed by atoms with van der Waals surface area (Å²) in [5.41, 5.74) is 5.36. The summed E-state index contributed by atoms with van der Waals surface area (Å²) < 4.78 is 0. The van der Waals surface area contributed by atoms with E-state index in [-0.39, 0.29) is 30.8 Å². The van der Waals surface area contributed by atoms with Crippen LogP contribution in [0.4, 0.5) is 0 Å². The number of carbonyl (C=O) groups excluding carboxylic acids is 2. The highest BCUT2D eigenvalue weighted by atomic mass is 16.4. The molecular formula is C34H34N2O4. The fourth-order valence-electron chi connectivity index (χ4n) is 4.66. The number of hydrogen-bond donors (Lipinski definition) is 2. The average Bonchev–Trinajstić information content (AvgIpc) is 2.97. The van der Waals surface area contributed by atoms with Gasteiger partial charge in [0.1, 0.15) is 0 Å². The largest absolute Gasteiger partial charge is 0.481 e. The smallest absolute Gasteiger partial charge is 0.305 e. The Labute approximate surface area is 235 Å². The van der Waals surface area contributed by atoms with Crippen LogP contribution in [-0.4, -0.2) is 40.9 Å². The maximum Gasteiger partial charge on any atom is 0.305 e. The van der Waals surface area contributed by atoms with Gasteiger partial charge in [-0.3, -0.25) is 14.4 Å². The molecule has 0 aliphatic rings. The van der Waals surface area contributed by atoms with Gasteiger partial charge in [0.2, 0.25) is 0 Å². The third-order valence-electron chi connectivity index (χ3n) is 6.94. The number of nitrogens with one attached hydrogen (secondary N) is 1. The van der Waals surface area contributed by atoms with Crippen LogP contribution in [0.2, 0.25) is 0 Å². The first-order valence-electron chi connectivity index (χ1n) is 13.4. The van der Waals surface area contributed by atoms with E-state index in [1.165, 1.54) is 0 Å². The van der Waals surface area contributed by atoms with Crippen molar-refractivity contribution in [3.05, 3.63) is 131 Å². The van der Waals surface area contributed by atoms with Gasteiger partial charge in [0.25, 0.3) is 11.8 Å². The lowest BCUT2D eigenvalue weighted by molar-refractivity contribution is -0.137. The van der Waals surface area contributed by atoms with Crippen LogP contribution in [0.15, 0.2) is 103 Å². The summed E-state index contributed by atoms with van der Waals surface area (Å²) in [7, 11) is 0. The maximum absolute atomic E-state index is 13.9. The minimum Gasteiger partial charge on any atom is -0.481 e. The lowest BCUT2D eigenvalue weighted by Gasteiger charge is -2.24. The summed E-state index contributed by atoms with van der Waals surface area (Å²) in [4.78, 5) is 40.3. The van der Waals surface area contributed by atoms with Crippen molar-refractivity contribution < 1.29 is 19.5 Å². The van der Waals surface area contributed by atoms with Crippen LogP contribution < -0.4 is 5.32 Å². The summed E-state index contributed by atoms with van der Waals surface area (Å²) >= 11 is 0. The zero-order valence-electron chi connectivity index (χ0n) is 22.8. The molecule has 0 spiro atoms. The molecule has 0 radical (unpaired) electrons. The van der Waals surface area contributed by atoms with E-state index in [2.05, 4.69) is 5.32 Å². The highest BCUT2D eigenvalue weighted by Gasteiger charge is 2.23. The molecule has 0 aliphatic carbocycles. The number of hydrogen-bond acceptors (Lipinski definition) is 3. The summed E-state index contributed by atoms with van der Waals surface area (Å²) in [6.45, 7) is 4.42. The van der Waals surface area contributed by atoms with Crippen molar-refractivity contribution in [3.63, 3.8) is 0 Å². The third kappa shape index (κ3) is 7.23. The molecule has 2 amide bonds. The van der Waals surface area contributed by atoms with Crippen LogP contribution in [0.3, 0.4) is 0 Å². The Hall–Kier alpha value is -4.71. The van der Waals surface area contributed by atoms with Crippen LogP contribution in [0.1, 0.15) is 56.8 Å². The van der Waals surface area contributed by atoms with Gasteiger partial charge in [0.05, 0.1) is 12.5 Å². The zero-order chi connectivity index (χ0) is 28.5. The molecule has 40 heavy (non-hydrogen) atoms. The van der Waals surface area contributed by atoms with Gasteiger partial charge in [-0.15, -0.1) is 0 Å². The maximum atomic E-state index is 13.9. The molecule has 0 bridgehead atoms. The number of aliphatic carboxylic acids is 1. The first-order valence-corrected chi connectivity index (χ1v) is 13.4. The molecule has 0 aliphatic heterocycles. The van der Waals surface area contributed by atoms with E-state index < -0.39 is 5.97 Å². The Bertz CT molecular complexity index is 1470. The molecule has 6 heteroatoms. The van der Waals surface area contributed by atoms with Crippen LogP contribution in [0.5, 0.6) is 0 Å². The quantitative estimate of drug-likeness (QED) is 0.236. The molecule has 1 atom stereocenters. The number of rotatable bonds is 11. The second-order valence-corrected chi connectivity index (χ2v) is 9.87. The van der Waals surface area contributed by atoms with E-state index in [4.69, 9.17) is 0 Å². The van der Waals surface area contributed by atoms with Crippen LogP contribution in [0, 0.1) is 6.92 Å². The van der Waals surface area contributed by atoms with E-state index in [0.717, 1.165) is 16.7 Å². The van der Waals surface area contributed by atoms with Gasteiger partial charge < -0.3 is 15.3 Å². The average molecular weight is 535 g/mol. The first kappa shape index (κ1) is 28.3. The highest BCUT2D eigenvalue weighted by molar-refractivity contribution is 6.06. The minimum absolute atomic E-state index is 0.0888. The Morgan fingerprint density at radius 2 is 1.32 bits per heavy atom. The molecule has 4 rings (SSSR count). The highest BCUT2D eigenvalue weighted by Crippen LogP contribution is 2.29. The van der Waals surface area contributed by atoms with Crippen LogP contribution >= 0.6 is 0 Å². The molecule has 2 N–H and O–H groups in total. The number of carboxylic acids is 1. The van der Waals surface area contributed by atoms with Gasteiger partial charge in [-0.2, -0.15) is 0 Å². The van der Waals surface area contributed by atoms with Crippen molar-refractivity contribution in [2.24, 2.45) is 0 Å². The van der Waals surface area contributed by atoms with Crippen molar-refractivity contribution in [1.82, 2.24) is 10.2 Å². The van der Waals surface area contributed by atoms with Gasteiger partial charge in [0.15, 0.2) is 0 Å². The normalized spacial score (nSPS) is 11.4. The number of carbonyl (C=O) groups is 3. The van der Waals surface area contributed by atoms with Crippen molar-refractivity contribution >= 4 is 17.8 Å². The van der Waals surface area contributed by atoms with E-state index in [1.54, 1.807) is 29.2 Å². The van der Waals surface area contributed by atoms with Gasteiger partial charge in [-0.25, -0.2) is 0 Å². The van der Waals surface area contributed by atoms with E-state index in [9.17, 15) is 19.5 Å². The lowest BCUT2D eigenvalue weighted by atomic mass is 9.94. The number of amides is 2. The monoisotopic (exact) mass is 534 g/mol. The fraction of sp³-hybridized carbons (Fsp3) is 0.206. The predicted molar refractivity (Wildman–Crippen MR) is 157 cm³/mol. The SMILES string of the molecule is Cc1ccc(C(C)NC(=O)c2ccccc2-c2ccccc2C(=O)N(CCC(=O)O)CCc2ccccc2)cc1. The molecule has 6 nitrogen and oxygen atoms in total. The third-order valence-corrected chi connectivity index (χ3v) is 6.94. The molecule has 0 aromatic heterocycles. The molecule has 0 saturated carbocycles. The van der Waals surface area contributed by atoms with Crippen LogP contribution in [-0.2, 0) is 11.2 Å². The van der Waals surface area contributed by atoms with Crippen molar-refractivity contribution in [2.45, 2.75) is 32.7 Å². The second-order valence-electron chi connectivity index (χ2n) is 9.87. The molecule has 0 heterocycles. The molecule has 4 aromatic rings. The van der Waals surface area contributed by atoms with Gasteiger partial charge in [-0.1, -0.05) is 96.6 Å². The lowest BCUT2D eigenvalue weighted by Crippen LogP contribution is -2.35. The topological polar surface area (TPSA) is 86.7 Å². The van der Waals surface area contributed by atoms with Gasteiger partial charge in [0, 0.05) is 24.2 Å². The molecule has 0 saturated heterocycles. The molecule has 204 valence electrons. The Kier molecular flexibility index (Phi) is 9.47. The number of benzene rings is 4. The fourth-order valence-corrected chi connectivity index (χ4v) is 4.66. The molecule has 0 fully saturated rings. The Balaban J connectivity index is 1.62. The number of nitrogens with zero attached hydrogens (tertiary/aromatic N) is 1. The van der Waals surface area contributed by atoms with E-state index in [0.29, 0.717) is 35.2 Å². The van der Waals surface area contributed by atoms with E-state index in [1.807, 2.05) is 92.7 Å². The second kappa shape index (κ2) is 13.4. The van der Waals surface area contributed by atoms with Crippen molar-refractivity contribution in [2.75, 3.05) is 13.1 Å². The summed E-state index contributed by atoms with van der Waals surface area (Å²) in [6.07, 6.45) is 0.447. The predicted octanol–water partition coefficient (Wildman–Crippen LogP) is 6.31. The number of aryl methyl sites for hydroxylation is 1. The van der Waals surface area contributed by atoms with Crippen LogP contribution in [0.25, 0.3) is 11.1 Å². The molecular weight excluding hydrogens is 500 g/mol. The summed E-state index contributed by atoms with van der Waals surface area (Å²) in [5.74, 6) is -1.47.